The number of hydrogen-bond acceptors (Lipinski definition) is 3. The molecule has 0 saturated heterocycles. The molecule has 0 amide bonds. The van der Waals surface area contributed by atoms with Crippen molar-refractivity contribution >= 4 is 10.0 Å². The minimum atomic E-state index is -3.52. The Morgan fingerprint density at radius 2 is 1.72 bits per heavy atom. The smallest absolute Gasteiger partial charge is 0.240 e. The highest BCUT2D eigenvalue weighted by Crippen LogP contribution is 2.46. The minimum Gasteiger partial charge on any atom is -0.376 e. The molecule has 2 aliphatic carbocycles. The lowest BCUT2D eigenvalue weighted by molar-refractivity contribution is 0.0566. The van der Waals surface area contributed by atoms with Crippen molar-refractivity contribution in [3.8, 4) is 0 Å². The first-order chi connectivity index (χ1) is 14.0. The summed E-state index contributed by atoms with van der Waals surface area (Å²) in [5.41, 5.74) is 2.21. The minimum absolute atomic E-state index is 0.0508. The van der Waals surface area contributed by atoms with Crippen LogP contribution in [0.3, 0.4) is 0 Å². The molecular formula is C24H31NO3S. The Balaban J connectivity index is 1.46. The number of rotatable bonds is 7. The monoisotopic (exact) mass is 413 g/mol. The van der Waals surface area contributed by atoms with E-state index in [2.05, 4.69) is 16.9 Å². The van der Waals surface area contributed by atoms with E-state index >= 15 is 0 Å². The van der Waals surface area contributed by atoms with Crippen LogP contribution >= 0.6 is 0 Å². The Hall–Kier alpha value is -1.69. The fraction of sp³-hybridized carbons (Fsp3) is 0.500. The summed E-state index contributed by atoms with van der Waals surface area (Å²) in [5.74, 6) is 1.41. The fourth-order valence-electron chi connectivity index (χ4n) is 5.14. The van der Waals surface area contributed by atoms with Crippen LogP contribution in [0.25, 0.3) is 0 Å². The van der Waals surface area contributed by atoms with Crippen LogP contribution < -0.4 is 4.72 Å². The molecule has 0 bridgehead atoms. The average molecular weight is 414 g/mol. The van der Waals surface area contributed by atoms with Gasteiger partial charge in [0.15, 0.2) is 0 Å². The van der Waals surface area contributed by atoms with E-state index < -0.39 is 10.0 Å². The van der Waals surface area contributed by atoms with Crippen LogP contribution in [0.1, 0.15) is 43.2 Å². The summed E-state index contributed by atoms with van der Waals surface area (Å²) in [6.07, 6.45) is 5.83. The average Bonchev–Trinajstić information content (AvgIpc) is 3.06. The maximum Gasteiger partial charge on any atom is 0.240 e. The molecule has 2 fully saturated rings. The second-order valence-corrected chi connectivity index (χ2v) is 10.4. The second-order valence-electron chi connectivity index (χ2n) is 8.65. The lowest BCUT2D eigenvalue weighted by Crippen LogP contribution is -2.40. The summed E-state index contributed by atoms with van der Waals surface area (Å²) in [5, 5.41) is 0. The van der Waals surface area contributed by atoms with Crippen LogP contribution in [0.4, 0.5) is 0 Å². The van der Waals surface area contributed by atoms with Gasteiger partial charge in [-0.2, -0.15) is 0 Å². The van der Waals surface area contributed by atoms with Gasteiger partial charge in [0.1, 0.15) is 0 Å². The summed E-state index contributed by atoms with van der Waals surface area (Å²) in [4.78, 5) is 0.349. The van der Waals surface area contributed by atoms with Crippen molar-refractivity contribution in [2.75, 3.05) is 6.61 Å². The van der Waals surface area contributed by atoms with Gasteiger partial charge in [-0.05, 0) is 49.3 Å². The highest BCUT2D eigenvalue weighted by atomic mass is 32.2. The molecule has 0 unspecified atom stereocenters. The van der Waals surface area contributed by atoms with Gasteiger partial charge in [-0.1, -0.05) is 67.3 Å². The number of nitrogens with one attached hydrogen (secondary N) is 1. The molecule has 4 rings (SSSR count). The quantitative estimate of drug-likeness (QED) is 0.717. The number of benzene rings is 2. The number of fused-ring (bicyclic) bond motifs is 1. The van der Waals surface area contributed by atoms with E-state index in [1.54, 1.807) is 12.1 Å². The van der Waals surface area contributed by atoms with Crippen LogP contribution in [0.2, 0.25) is 0 Å². The van der Waals surface area contributed by atoms with Gasteiger partial charge in [0, 0.05) is 12.0 Å². The standard InChI is InChI=1S/C24H31NO3S/c1-18-11-13-21(14-12-18)29(26,27)25-24-15-20-9-5-6-10-22(20)23(24)17-28-16-19-7-3-2-4-8-19/h2-4,7-8,11-14,20,22-25H,5-6,9-10,15-17H2,1H3/t20-,22+,23-,24+/m1/s1. The maximum absolute atomic E-state index is 13.0. The number of aryl methyl sites for hydroxylation is 1. The van der Waals surface area contributed by atoms with Gasteiger partial charge in [-0.25, -0.2) is 13.1 Å². The Labute approximate surface area is 174 Å². The van der Waals surface area contributed by atoms with E-state index in [4.69, 9.17) is 4.74 Å². The third kappa shape index (κ3) is 4.90. The lowest BCUT2D eigenvalue weighted by atomic mass is 9.78. The zero-order valence-electron chi connectivity index (χ0n) is 17.1. The first-order valence-electron chi connectivity index (χ1n) is 10.7. The molecule has 156 valence electrons. The summed E-state index contributed by atoms with van der Waals surface area (Å²) in [6.45, 7) is 3.15. The summed E-state index contributed by atoms with van der Waals surface area (Å²) in [6, 6.07) is 17.2. The van der Waals surface area contributed by atoms with Crippen LogP contribution in [0.15, 0.2) is 59.5 Å². The number of hydrogen-bond donors (Lipinski definition) is 1. The number of ether oxygens (including phenoxy) is 1. The third-order valence-corrected chi connectivity index (χ3v) is 8.16. The predicted octanol–water partition coefficient (Wildman–Crippen LogP) is 4.69. The van der Waals surface area contributed by atoms with Gasteiger partial charge in [0.05, 0.1) is 18.1 Å². The van der Waals surface area contributed by atoms with E-state index in [0.29, 0.717) is 29.9 Å². The van der Waals surface area contributed by atoms with Gasteiger partial charge < -0.3 is 4.74 Å². The van der Waals surface area contributed by atoms with Gasteiger partial charge >= 0.3 is 0 Å². The molecular weight excluding hydrogens is 382 g/mol. The largest absolute Gasteiger partial charge is 0.376 e. The summed E-state index contributed by atoms with van der Waals surface area (Å²) in [7, 11) is -3.52. The van der Waals surface area contributed by atoms with Crippen molar-refractivity contribution in [1.82, 2.24) is 4.72 Å². The first kappa shape index (κ1) is 20.6. The molecule has 1 N–H and O–H groups in total. The molecule has 4 nitrogen and oxygen atoms in total. The van der Waals surface area contributed by atoms with E-state index in [0.717, 1.165) is 17.5 Å². The van der Waals surface area contributed by atoms with Gasteiger partial charge in [-0.15, -0.1) is 0 Å². The SMILES string of the molecule is Cc1ccc(S(=O)(=O)N[C@H]2C[C@H]3CCCC[C@@H]3[C@H]2COCc2ccccc2)cc1. The Morgan fingerprint density at radius 1 is 1.00 bits per heavy atom. The molecule has 2 saturated carbocycles. The van der Waals surface area contributed by atoms with Crippen molar-refractivity contribution in [2.45, 2.75) is 56.6 Å². The van der Waals surface area contributed by atoms with Crippen molar-refractivity contribution in [1.29, 1.82) is 0 Å². The summed E-state index contributed by atoms with van der Waals surface area (Å²) < 4.78 is 35.1. The van der Waals surface area contributed by atoms with Gasteiger partial charge in [0.2, 0.25) is 10.0 Å². The lowest BCUT2D eigenvalue weighted by Gasteiger charge is -2.30. The molecule has 2 aromatic rings. The van der Waals surface area contributed by atoms with Crippen molar-refractivity contribution in [3.63, 3.8) is 0 Å². The van der Waals surface area contributed by atoms with E-state index in [1.807, 2.05) is 37.3 Å². The zero-order chi connectivity index (χ0) is 20.3. The van der Waals surface area contributed by atoms with E-state index in [1.165, 1.54) is 25.7 Å². The molecule has 0 radical (unpaired) electrons. The topological polar surface area (TPSA) is 55.4 Å². The molecule has 2 aromatic carbocycles. The van der Waals surface area contributed by atoms with E-state index in [-0.39, 0.29) is 12.0 Å². The fourth-order valence-corrected chi connectivity index (χ4v) is 6.44. The van der Waals surface area contributed by atoms with E-state index in [9.17, 15) is 8.42 Å². The highest BCUT2D eigenvalue weighted by Gasteiger charge is 2.45. The zero-order valence-corrected chi connectivity index (χ0v) is 17.9. The summed E-state index contributed by atoms with van der Waals surface area (Å²) >= 11 is 0. The normalized spacial score (nSPS) is 26.9. The molecule has 0 aliphatic heterocycles. The van der Waals surface area contributed by atoms with Crippen LogP contribution in [0, 0.1) is 24.7 Å². The molecule has 4 atom stereocenters. The third-order valence-electron chi connectivity index (χ3n) is 6.65. The van der Waals surface area contributed by atoms with Crippen LogP contribution in [-0.2, 0) is 21.4 Å². The van der Waals surface area contributed by atoms with Gasteiger partial charge in [-0.3, -0.25) is 0 Å². The van der Waals surface area contributed by atoms with Crippen molar-refractivity contribution in [2.24, 2.45) is 17.8 Å². The molecule has 0 spiro atoms. The predicted molar refractivity (Wildman–Crippen MR) is 115 cm³/mol. The number of sulfonamides is 1. The van der Waals surface area contributed by atoms with Crippen molar-refractivity contribution < 1.29 is 13.2 Å². The van der Waals surface area contributed by atoms with Gasteiger partial charge in [0.25, 0.3) is 0 Å². The molecule has 29 heavy (non-hydrogen) atoms. The molecule has 5 heteroatoms. The maximum atomic E-state index is 13.0. The Bertz CT molecular complexity index is 895. The van der Waals surface area contributed by atoms with Crippen LogP contribution in [0.5, 0.6) is 0 Å². The molecule has 0 heterocycles. The first-order valence-corrected chi connectivity index (χ1v) is 12.2. The molecule has 2 aliphatic rings. The van der Waals surface area contributed by atoms with Crippen molar-refractivity contribution in [3.05, 3.63) is 65.7 Å². The Kier molecular flexibility index (Phi) is 6.38. The Morgan fingerprint density at radius 3 is 2.48 bits per heavy atom. The molecule has 0 aromatic heterocycles. The van der Waals surface area contributed by atoms with Crippen LogP contribution in [-0.4, -0.2) is 21.1 Å². The highest BCUT2D eigenvalue weighted by molar-refractivity contribution is 7.89. The second kappa shape index (κ2) is 8.99.